The molecule has 0 aliphatic heterocycles. The van der Waals surface area contributed by atoms with E-state index in [4.69, 9.17) is 0 Å². The van der Waals surface area contributed by atoms with Crippen molar-refractivity contribution >= 4 is 11.4 Å². The smallest absolute Gasteiger partial charge is 0.194 e. The summed E-state index contributed by atoms with van der Waals surface area (Å²) in [6, 6.07) is 6.89. The van der Waals surface area contributed by atoms with Gasteiger partial charge in [0.2, 0.25) is 0 Å². The Kier molecular flexibility index (Phi) is 5.69. The standard InChI is InChI=1S/C21H10F6N2/c1-11-6-15(22)14(16(23)7-11)4-2-12-3-5-20(17(24)8-12)29-28-13-9-18(25)21(27)19(26)10-13/h3,5-10H,1H3. The number of hydrogen-bond donors (Lipinski definition) is 0. The summed E-state index contributed by atoms with van der Waals surface area (Å²) >= 11 is 0. The number of benzene rings is 3. The van der Waals surface area contributed by atoms with Crippen LogP contribution in [0, 0.1) is 53.7 Å². The molecule has 0 aliphatic rings. The first-order valence-electron chi connectivity index (χ1n) is 8.08. The Bertz CT molecular complexity index is 1150. The van der Waals surface area contributed by atoms with Gasteiger partial charge in [0.15, 0.2) is 23.3 Å². The average Bonchev–Trinajstić information content (AvgIpc) is 2.64. The molecule has 0 bridgehead atoms. The molecule has 8 heteroatoms. The summed E-state index contributed by atoms with van der Waals surface area (Å²) in [5.74, 6) is -2.37. The maximum Gasteiger partial charge on any atom is 0.194 e. The van der Waals surface area contributed by atoms with Crippen LogP contribution in [-0.2, 0) is 0 Å². The summed E-state index contributed by atoms with van der Waals surface area (Å²) in [5.41, 5.74) is -0.574. The van der Waals surface area contributed by atoms with Crippen LogP contribution in [-0.4, -0.2) is 0 Å². The topological polar surface area (TPSA) is 24.7 Å². The highest BCUT2D eigenvalue weighted by molar-refractivity contribution is 5.49. The van der Waals surface area contributed by atoms with Gasteiger partial charge in [-0.25, -0.2) is 26.3 Å². The molecule has 3 aromatic carbocycles. The highest BCUT2D eigenvalue weighted by Gasteiger charge is 2.11. The lowest BCUT2D eigenvalue weighted by Crippen LogP contribution is -1.91. The fraction of sp³-hybridized carbons (Fsp3) is 0.0476. The van der Waals surface area contributed by atoms with Gasteiger partial charge in [-0.1, -0.05) is 11.8 Å². The van der Waals surface area contributed by atoms with E-state index in [0.29, 0.717) is 17.7 Å². The summed E-state index contributed by atoms with van der Waals surface area (Å²) in [7, 11) is 0. The molecule has 2 nitrogen and oxygen atoms in total. The van der Waals surface area contributed by atoms with Crippen molar-refractivity contribution in [1.29, 1.82) is 0 Å². The molecule has 0 radical (unpaired) electrons. The molecule has 0 saturated carbocycles. The highest BCUT2D eigenvalue weighted by Crippen LogP contribution is 2.25. The van der Waals surface area contributed by atoms with Crippen LogP contribution < -0.4 is 0 Å². The Morgan fingerprint density at radius 1 is 0.655 bits per heavy atom. The zero-order valence-corrected chi connectivity index (χ0v) is 14.7. The number of aryl methyl sites for hydroxylation is 1. The van der Waals surface area contributed by atoms with E-state index in [2.05, 4.69) is 22.1 Å². The van der Waals surface area contributed by atoms with E-state index < -0.39 is 40.5 Å². The minimum absolute atomic E-state index is 0.111. The summed E-state index contributed by atoms with van der Waals surface area (Å²) in [4.78, 5) is 0. The first-order valence-corrected chi connectivity index (χ1v) is 8.08. The van der Waals surface area contributed by atoms with Gasteiger partial charge in [-0.15, -0.1) is 5.11 Å². The van der Waals surface area contributed by atoms with Gasteiger partial charge in [-0.05, 0) is 42.8 Å². The summed E-state index contributed by atoms with van der Waals surface area (Å²) in [6.45, 7) is 1.53. The lowest BCUT2D eigenvalue weighted by Gasteiger charge is -2.00. The van der Waals surface area contributed by atoms with Crippen molar-refractivity contribution in [2.75, 3.05) is 0 Å². The van der Waals surface area contributed by atoms with Gasteiger partial charge < -0.3 is 0 Å². The predicted molar refractivity (Wildman–Crippen MR) is 94.0 cm³/mol. The fourth-order valence-corrected chi connectivity index (χ4v) is 2.33. The van der Waals surface area contributed by atoms with E-state index in [1.54, 1.807) is 0 Å². The lowest BCUT2D eigenvalue weighted by atomic mass is 10.1. The van der Waals surface area contributed by atoms with E-state index >= 15 is 0 Å². The molecular weight excluding hydrogens is 394 g/mol. The van der Waals surface area contributed by atoms with E-state index in [1.165, 1.54) is 19.1 Å². The van der Waals surface area contributed by atoms with E-state index in [0.717, 1.165) is 18.2 Å². The summed E-state index contributed by atoms with van der Waals surface area (Å²) in [5, 5.41) is 6.97. The van der Waals surface area contributed by atoms with Gasteiger partial charge in [0.25, 0.3) is 0 Å². The largest absolute Gasteiger partial charge is 0.206 e. The molecule has 0 aliphatic carbocycles. The Morgan fingerprint density at radius 2 is 1.28 bits per heavy atom. The molecular formula is C21H10F6N2. The van der Waals surface area contributed by atoms with Crippen LogP contribution in [0.5, 0.6) is 0 Å². The van der Waals surface area contributed by atoms with E-state index in [-0.39, 0.29) is 16.9 Å². The minimum atomic E-state index is -1.65. The molecule has 146 valence electrons. The maximum absolute atomic E-state index is 14.1. The van der Waals surface area contributed by atoms with Crippen molar-refractivity contribution < 1.29 is 26.3 Å². The molecule has 3 aromatic rings. The van der Waals surface area contributed by atoms with Gasteiger partial charge in [0, 0.05) is 17.7 Å². The first kappa shape index (κ1) is 20.1. The average molecular weight is 404 g/mol. The Morgan fingerprint density at radius 3 is 1.86 bits per heavy atom. The SMILES string of the molecule is Cc1cc(F)c(C#Cc2ccc(N=Nc3cc(F)c(F)c(F)c3)c(F)c2)c(F)c1. The molecule has 0 N–H and O–H groups in total. The monoisotopic (exact) mass is 404 g/mol. The van der Waals surface area contributed by atoms with Crippen molar-refractivity contribution in [3.63, 3.8) is 0 Å². The molecule has 0 amide bonds. The third-order valence-corrected chi connectivity index (χ3v) is 3.71. The third kappa shape index (κ3) is 4.63. The molecule has 0 saturated heterocycles. The number of hydrogen-bond acceptors (Lipinski definition) is 2. The first-order chi connectivity index (χ1) is 13.7. The number of halogens is 6. The number of nitrogens with zero attached hydrogens (tertiary/aromatic N) is 2. The van der Waals surface area contributed by atoms with Gasteiger partial charge in [0.1, 0.15) is 17.3 Å². The van der Waals surface area contributed by atoms with Crippen LogP contribution >= 0.6 is 0 Å². The van der Waals surface area contributed by atoms with Gasteiger partial charge >= 0.3 is 0 Å². The Labute approximate surface area is 161 Å². The van der Waals surface area contributed by atoms with E-state index in [9.17, 15) is 26.3 Å². The summed E-state index contributed by atoms with van der Waals surface area (Å²) < 4.78 is 80.9. The van der Waals surface area contributed by atoms with Crippen molar-refractivity contribution in [2.24, 2.45) is 10.2 Å². The summed E-state index contributed by atoms with van der Waals surface area (Å²) in [6.07, 6.45) is 0. The van der Waals surface area contributed by atoms with Crippen LogP contribution in [0.25, 0.3) is 0 Å². The molecule has 0 atom stereocenters. The van der Waals surface area contributed by atoms with Gasteiger partial charge in [0.05, 0.1) is 11.3 Å². The lowest BCUT2D eigenvalue weighted by molar-refractivity contribution is 0.447. The second kappa shape index (κ2) is 8.19. The van der Waals surface area contributed by atoms with Crippen molar-refractivity contribution in [2.45, 2.75) is 6.92 Å². The molecule has 0 aromatic heterocycles. The Balaban J connectivity index is 1.85. The normalized spacial score (nSPS) is 10.9. The van der Waals surface area contributed by atoms with E-state index in [1.807, 2.05) is 0 Å². The number of azo groups is 1. The van der Waals surface area contributed by atoms with Crippen LogP contribution in [0.1, 0.15) is 16.7 Å². The van der Waals surface area contributed by atoms with Crippen LogP contribution in [0.15, 0.2) is 52.7 Å². The highest BCUT2D eigenvalue weighted by atomic mass is 19.2. The molecule has 0 heterocycles. The van der Waals surface area contributed by atoms with Gasteiger partial charge in [-0.3, -0.25) is 0 Å². The molecule has 0 spiro atoms. The van der Waals surface area contributed by atoms with Crippen molar-refractivity contribution in [3.05, 3.63) is 94.1 Å². The van der Waals surface area contributed by atoms with Crippen LogP contribution in [0.4, 0.5) is 37.7 Å². The zero-order valence-electron chi connectivity index (χ0n) is 14.7. The second-order valence-electron chi connectivity index (χ2n) is 5.94. The minimum Gasteiger partial charge on any atom is -0.206 e. The second-order valence-corrected chi connectivity index (χ2v) is 5.94. The van der Waals surface area contributed by atoms with Crippen LogP contribution in [0.2, 0.25) is 0 Å². The Hall–Kier alpha value is -3.60. The van der Waals surface area contributed by atoms with Crippen molar-refractivity contribution in [1.82, 2.24) is 0 Å². The fourth-order valence-electron chi connectivity index (χ4n) is 2.33. The van der Waals surface area contributed by atoms with Crippen LogP contribution in [0.3, 0.4) is 0 Å². The van der Waals surface area contributed by atoms with Gasteiger partial charge in [-0.2, -0.15) is 5.11 Å². The maximum atomic E-state index is 14.1. The number of rotatable bonds is 2. The molecule has 0 unspecified atom stereocenters. The van der Waals surface area contributed by atoms with Crippen molar-refractivity contribution in [3.8, 4) is 11.8 Å². The molecule has 29 heavy (non-hydrogen) atoms. The zero-order chi connectivity index (χ0) is 21.1. The predicted octanol–water partition coefficient (Wildman–Crippen LogP) is 6.64. The molecule has 0 fully saturated rings. The third-order valence-electron chi connectivity index (χ3n) is 3.71. The quantitative estimate of drug-likeness (QED) is 0.198. The molecule has 3 rings (SSSR count).